The van der Waals surface area contributed by atoms with Crippen molar-refractivity contribution >= 4 is 56.1 Å². The van der Waals surface area contributed by atoms with Gasteiger partial charge in [-0.3, -0.25) is 9.36 Å². The number of aryl methyl sites for hydroxylation is 1. The van der Waals surface area contributed by atoms with Crippen molar-refractivity contribution < 1.29 is 4.39 Å². The minimum Gasteiger partial charge on any atom is -0.292 e. The molecule has 2 aromatic carbocycles. The average Bonchev–Trinajstić information content (AvgIpc) is 2.47. The smallest absolute Gasteiger partial charge is 0.261 e. The molecule has 6 heteroatoms. The Morgan fingerprint density at radius 3 is 2.55 bits per heavy atom. The molecule has 3 aromatic rings. The average molecular weight is 520 g/mol. The maximum Gasteiger partial charge on any atom is 0.261 e. The van der Waals surface area contributed by atoms with Gasteiger partial charge < -0.3 is 0 Å². The van der Waals surface area contributed by atoms with E-state index < -0.39 is 0 Å². The van der Waals surface area contributed by atoms with Crippen LogP contribution in [-0.2, 0) is 6.54 Å². The van der Waals surface area contributed by atoms with Gasteiger partial charge in [-0.2, -0.15) is 0 Å². The van der Waals surface area contributed by atoms with Gasteiger partial charge in [0.05, 0.1) is 17.4 Å². The summed E-state index contributed by atoms with van der Waals surface area (Å²) >= 11 is 4.39. The normalized spacial score (nSPS) is 11.1. The highest BCUT2D eigenvalue weighted by Crippen LogP contribution is 2.20. The molecule has 3 rings (SSSR count). The molecular formula is C16H11FI2N2O. The number of halogens is 3. The van der Waals surface area contributed by atoms with E-state index in [1.165, 1.54) is 12.1 Å². The fourth-order valence-corrected chi connectivity index (χ4v) is 4.28. The largest absolute Gasteiger partial charge is 0.292 e. The first kappa shape index (κ1) is 15.9. The molecule has 1 heterocycles. The summed E-state index contributed by atoms with van der Waals surface area (Å²) in [5, 5.41) is 0.615. The third kappa shape index (κ3) is 3.03. The lowest BCUT2D eigenvalue weighted by Crippen LogP contribution is -2.24. The summed E-state index contributed by atoms with van der Waals surface area (Å²) < 4.78 is 16.6. The van der Waals surface area contributed by atoms with E-state index in [9.17, 15) is 9.18 Å². The van der Waals surface area contributed by atoms with Gasteiger partial charge in [0.25, 0.3) is 5.56 Å². The lowest BCUT2D eigenvalue weighted by molar-refractivity contribution is 0.625. The summed E-state index contributed by atoms with van der Waals surface area (Å²) in [6, 6.07) is 10.0. The Bertz CT molecular complexity index is 920. The van der Waals surface area contributed by atoms with E-state index in [-0.39, 0.29) is 11.4 Å². The Balaban J connectivity index is 2.18. The maximum atomic E-state index is 13.0. The molecule has 0 saturated heterocycles. The molecule has 0 radical (unpaired) electrons. The Morgan fingerprint density at radius 1 is 1.18 bits per heavy atom. The highest BCUT2D eigenvalue weighted by Gasteiger charge is 2.12. The summed E-state index contributed by atoms with van der Waals surface area (Å²) in [4.78, 5) is 17.3. The van der Waals surface area contributed by atoms with E-state index in [4.69, 9.17) is 0 Å². The van der Waals surface area contributed by atoms with Gasteiger partial charge >= 0.3 is 0 Å². The molecule has 0 aliphatic rings. The zero-order valence-electron chi connectivity index (χ0n) is 11.6. The molecule has 0 N–H and O–H groups in total. The third-order valence-corrected chi connectivity index (χ3v) is 4.87. The number of nitrogens with zero attached hydrogens (tertiary/aromatic N) is 2. The van der Waals surface area contributed by atoms with Crippen LogP contribution < -0.4 is 5.56 Å². The maximum absolute atomic E-state index is 13.0. The molecule has 0 fully saturated rings. The number of aromatic nitrogens is 2. The molecule has 0 atom stereocenters. The van der Waals surface area contributed by atoms with Crippen molar-refractivity contribution in [2.75, 3.05) is 0 Å². The second-order valence-electron chi connectivity index (χ2n) is 4.96. The molecule has 0 aliphatic heterocycles. The summed E-state index contributed by atoms with van der Waals surface area (Å²) in [5.41, 5.74) is 1.54. The van der Waals surface area contributed by atoms with Gasteiger partial charge in [0.2, 0.25) is 0 Å². The van der Waals surface area contributed by atoms with Crippen LogP contribution in [0, 0.1) is 19.9 Å². The van der Waals surface area contributed by atoms with Crippen molar-refractivity contribution in [1.82, 2.24) is 9.55 Å². The van der Waals surface area contributed by atoms with Crippen LogP contribution >= 0.6 is 45.2 Å². The lowest BCUT2D eigenvalue weighted by atomic mass is 10.2. The molecular weight excluding hydrogens is 509 g/mol. The van der Waals surface area contributed by atoms with Crippen molar-refractivity contribution in [3.05, 3.63) is 71.1 Å². The number of benzene rings is 2. The zero-order chi connectivity index (χ0) is 15.9. The predicted octanol–water partition coefficient (Wildman–Crippen LogP) is 4.10. The standard InChI is InChI=1S/C16H11FI2N2O/c1-9-20-15-13(6-12(18)7-14(15)19)16(22)21(9)8-10-2-4-11(17)5-3-10/h2-7H,8H2,1H3. The topological polar surface area (TPSA) is 34.9 Å². The molecule has 112 valence electrons. The SMILES string of the molecule is Cc1nc2c(I)cc(I)cc2c(=O)n1Cc1ccc(F)cc1. The molecule has 0 saturated carbocycles. The number of hydrogen-bond donors (Lipinski definition) is 0. The van der Waals surface area contributed by atoms with Gasteiger partial charge in [0.15, 0.2) is 0 Å². The van der Waals surface area contributed by atoms with Gasteiger partial charge in [0, 0.05) is 7.14 Å². The van der Waals surface area contributed by atoms with E-state index >= 15 is 0 Å². The fraction of sp³-hybridized carbons (Fsp3) is 0.125. The zero-order valence-corrected chi connectivity index (χ0v) is 15.9. The second-order valence-corrected chi connectivity index (χ2v) is 7.37. The van der Waals surface area contributed by atoms with Gasteiger partial charge in [-0.15, -0.1) is 0 Å². The predicted molar refractivity (Wildman–Crippen MR) is 102 cm³/mol. The van der Waals surface area contributed by atoms with Crippen LogP contribution in [0.4, 0.5) is 4.39 Å². The lowest BCUT2D eigenvalue weighted by Gasteiger charge is -2.12. The molecule has 1 aromatic heterocycles. The molecule has 3 nitrogen and oxygen atoms in total. The van der Waals surface area contributed by atoms with Crippen LogP contribution in [0.5, 0.6) is 0 Å². The Morgan fingerprint density at radius 2 is 1.86 bits per heavy atom. The van der Waals surface area contributed by atoms with Crippen LogP contribution in [0.15, 0.2) is 41.2 Å². The first-order valence-corrected chi connectivity index (χ1v) is 8.72. The Hall–Kier alpha value is -1.03. The highest BCUT2D eigenvalue weighted by molar-refractivity contribution is 14.1. The number of hydrogen-bond acceptors (Lipinski definition) is 2. The fourth-order valence-electron chi connectivity index (χ4n) is 2.32. The Labute approximate surface area is 153 Å². The van der Waals surface area contributed by atoms with Crippen LogP contribution in [0.1, 0.15) is 11.4 Å². The minimum absolute atomic E-state index is 0.0664. The first-order valence-electron chi connectivity index (χ1n) is 6.56. The monoisotopic (exact) mass is 520 g/mol. The van der Waals surface area contributed by atoms with Crippen molar-refractivity contribution in [2.45, 2.75) is 13.5 Å². The first-order chi connectivity index (χ1) is 10.5. The van der Waals surface area contributed by atoms with Crippen LogP contribution in [-0.4, -0.2) is 9.55 Å². The molecule has 0 aliphatic carbocycles. The van der Waals surface area contributed by atoms with Crippen LogP contribution in [0.25, 0.3) is 10.9 Å². The molecule has 22 heavy (non-hydrogen) atoms. The molecule has 0 bridgehead atoms. The second kappa shape index (κ2) is 6.23. The van der Waals surface area contributed by atoms with Gasteiger partial charge in [-0.1, -0.05) is 12.1 Å². The van der Waals surface area contributed by atoms with Gasteiger partial charge in [-0.05, 0) is 81.9 Å². The van der Waals surface area contributed by atoms with E-state index in [0.29, 0.717) is 17.8 Å². The van der Waals surface area contributed by atoms with Gasteiger partial charge in [-0.25, -0.2) is 9.37 Å². The van der Waals surface area contributed by atoms with Gasteiger partial charge in [0.1, 0.15) is 11.6 Å². The van der Waals surface area contributed by atoms with Crippen molar-refractivity contribution in [3.63, 3.8) is 0 Å². The summed E-state index contributed by atoms with van der Waals surface area (Å²) in [5.74, 6) is 0.370. The minimum atomic E-state index is -0.284. The van der Waals surface area contributed by atoms with Crippen molar-refractivity contribution in [2.24, 2.45) is 0 Å². The van der Waals surface area contributed by atoms with E-state index in [2.05, 4.69) is 50.2 Å². The number of rotatable bonds is 2. The summed E-state index contributed by atoms with van der Waals surface area (Å²) in [7, 11) is 0. The van der Waals surface area contributed by atoms with Crippen molar-refractivity contribution in [3.8, 4) is 0 Å². The summed E-state index contributed by atoms with van der Waals surface area (Å²) in [6.45, 7) is 2.20. The van der Waals surface area contributed by atoms with E-state index in [0.717, 1.165) is 18.2 Å². The summed E-state index contributed by atoms with van der Waals surface area (Å²) in [6.07, 6.45) is 0. The van der Waals surface area contributed by atoms with E-state index in [1.807, 2.05) is 19.1 Å². The quantitative estimate of drug-likeness (QED) is 0.478. The third-order valence-electron chi connectivity index (χ3n) is 3.42. The van der Waals surface area contributed by atoms with Crippen LogP contribution in [0.2, 0.25) is 0 Å². The highest BCUT2D eigenvalue weighted by atomic mass is 127. The Kier molecular flexibility index (Phi) is 4.49. The molecule has 0 unspecified atom stereocenters. The van der Waals surface area contributed by atoms with Crippen molar-refractivity contribution in [1.29, 1.82) is 0 Å². The van der Waals surface area contributed by atoms with Crippen LogP contribution in [0.3, 0.4) is 0 Å². The molecule has 0 spiro atoms. The molecule has 0 amide bonds. The van der Waals surface area contributed by atoms with E-state index in [1.54, 1.807) is 16.7 Å². The number of fused-ring (bicyclic) bond motifs is 1.